The van der Waals surface area contributed by atoms with Crippen LogP contribution >= 0.6 is 46.7 Å². The van der Waals surface area contributed by atoms with E-state index in [2.05, 4.69) is 5.16 Å². The van der Waals surface area contributed by atoms with Crippen molar-refractivity contribution in [1.82, 2.24) is 5.16 Å². The molecule has 0 spiro atoms. The molecule has 28 heavy (non-hydrogen) atoms. The van der Waals surface area contributed by atoms with E-state index in [-0.39, 0.29) is 11.3 Å². The van der Waals surface area contributed by atoms with Crippen LogP contribution in [0.4, 0.5) is 0 Å². The lowest BCUT2D eigenvalue weighted by Crippen LogP contribution is -2.10. The molecule has 0 unspecified atom stereocenters. The zero-order valence-corrected chi connectivity index (χ0v) is 17.9. The SMILES string of the molecule is Cc1onc(-c2c(Cl)cccc2Cl)c1C(=O)Oc1ccc(C2SCCS2)cc1. The summed E-state index contributed by atoms with van der Waals surface area (Å²) in [7, 11) is 0. The second-order valence-corrected chi connectivity index (χ2v) is 9.63. The van der Waals surface area contributed by atoms with Crippen molar-refractivity contribution >= 4 is 52.7 Å². The molecule has 8 heteroatoms. The van der Waals surface area contributed by atoms with Gasteiger partial charge in [0, 0.05) is 17.1 Å². The molecule has 144 valence electrons. The average molecular weight is 452 g/mol. The molecule has 0 atom stereocenters. The number of nitrogens with zero attached hydrogens (tertiary/aromatic N) is 1. The normalized spacial score (nSPS) is 14.4. The van der Waals surface area contributed by atoms with Gasteiger partial charge in [-0.3, -0.25) is 0 Å². The summed E-state index contributed by atoms with van der Waals surface area (Å²) in [5.74, 6) is 2.55. The predicted molar refractivity (Wildman–Crippen MR) is 116 cm³/mol. The fourth-order valence-corrected chi connectivity index (χ4v) is 6.34. The standard InChI is InChI=1S/C20H15Cl2NO3S2/c1-11-16(18(23-26-11)17-14(21)3-2-4-15(17)22)19(24)25-13-7-5-12(6-8-13)20-27-9-10-28-20/h2-8,20H,9-10H2,1H3. The highest BCUT2D eigenvalue weighted by Crippen LogP contribution is 2.45. The Bertz CT molecular complexity index is 995. The van der Waals surface area contributed by atoms with Crippen molar-refractivity contribution < 1.29 is 14.1 Å². The van der Waals surface area contributed by atoms with Gasteiger partial charge < -0.3 is 9.26 Å². The second-order valence-electron chi connectivity index (χ2n) is 6.09. The number of thioether (sulfide) groups is 2. The van der Waals surface area contributed by atoms with Crippen LogP contribution in [0.2, 0.25) is 10.0 Å². The van der Waals surface area contributed by atoms with Gasteiger partial charge in [0.05, 0.1) is 14.6 Å². The molecule has 0 amide bonds. The smallest absolute Gasteiger partial charge is 0.349 e. The first-order valence-electron chi connectivity index (χ1n) is 8.50. The number of carbonyl (C=O) groups is 1. The van der Waals surface area contributed by atoms with Gasteiger partial charge in [0.25, 0.3) is 0 Å². The molecule has 3 aromatic rings. The van der Waals surface area contributed by atoms with Gasteiger partial charge in [-0.1, -0.05) is 46.6 Å². The first kappa shape index (κ1) is 19.7. The lowest BCUT2D eigenvalue weighted by atomic mass is 10.1. The maximum atomic E-state index is 12.8. The summed E-state index contributed by atoms with van der Waals surface area (Å²) < 4.78 is 11.2. The largest absolute Gasteiger partial charge is 0.423 e. The van der Waals surface area contributed by atoms with Crippen LogP contribution in [-0.2, 0) is 0 Å². The van der Waals surface area contributed by atoms with Crippen LogP contribution < -0.4 is 4.74 Å². The molecule has 0 bridgehead atoms. The van der Waals surface area contributed by atoms with Gasteiger partial charge in [-0.05, 0) is 36.8 Å². The minimum atomic E-state index is -0.567. The highest BCUT2D eigenvalue weighted by molar-refractivity contribution is 8.19. The molecule has 4 rings (SSSR count). The zero-order chi connectivity index (χ0) is 19.7. The van der Waals surface area contributed by atoms with E-state index in [4.69, 9.17) is 32.5 Å². The molecule has 0 radical (unpaired) electrons. The number of benzene rings is 2. The van der Waals surface area contributed by atoms with E-state index in [0.29, 0.717) is 31.7 Å². The Labute approximate surface area is 180 Å². The van der Waals surface area contributed by atoms with Crippen LogP contribution in [0.1, 0.15) is 26.3 Å². The van der Waals surface area contributed by atoms with Gasteiger partial charge in [0.15, 0.2) is 0 Å². The Morgan fingerprint density at radius 3 is 2.39 bits per heavy atom. The van der Waals surface area contributed by atoms with Crippen LogP contribution in [0, 0.1) is 6.92 Å². The molecular weight excluding hydrogens is 437 g/mol. The molecule has 2 aromatic carbocycles. The van der Waals surface area contributed by atoms with Crippen molar-refractivity contribution in [3.8, 4) is 17.0 Å². The van der Waals surface area contributed by atoms with E-state index in [9.17, 15) is 4.79 Å². The summed E-state index contributed by atoms with van der Waals surface area (Å²) in [4.78, 5) is 12.8. The quantitative estimate of drug-likeness (QED) is 0.326. The van der Waals surface area contributed by atoms with Crippen LogP contribution in [0.15, 0.2) is 47.0 Å². The number of hydrogen-bond donors (Lipinski definition) is 0. The Morgan fingerprint density at radius 2 is 1.75 bits per heavy atom. The Kier molecular flexibility index (Phi) is 5.92. The van der Waals surface area contributed by atoms with E-state index in [1.807, 2.05) is 35.7 Å². The van der Waals surface area contributed by atoms with Gasteiger partial charge in [-0.15, -0.1) is 23.5 Å². The lowest BCUT2D eigenvalue weighted by molar-refractivity contribution is 0.0733. The van der Waals surface area contributed by atoms with Crippen molar-refractivity contribution in [3.05, 3.63) is 69.4 Å². The van der Waals surface area contributed by atoms with Crippen LogP contribution in [-0.4, -0.2) is 22.6 Å². The maximum Gasteiger partial charge on any atom is 0.349 e. The topological polar surface area (TPSA) is 52.3 Å². The first-order chi connectivity index (χ1) is 13.5. The molecule has 0 N–H and O–H groups in total. The number of carbonyl (C=O) groups excluding carboxylic acids is 1. The summed E-state index contributed by atoms with van der Waals surface area (Å²) >= 11 is 16.4. The van der Waals surface area contributed by atoms with Crippen molar-refractivity contribution in [2.45, 2.75) is 11.5 Å². The fraction of sp³-hybridized carbons (Fsp3) is 0.200. The van der Waals surface area contributed by atoms with E-state index >= 15 is 0 Å². The van der Waals surface area contributed by atoms with Gasteiger partial charge in [-0.25, -0.2) is 4.79 Å². The van der Waals surface area contributed by atoms with E-state index in [0.717, 1.165) is 11.5 Å². The number of rotatable bonds is 4. The first-order valence-corrected chi connectivity index (χ1v) is 11.4. The van der Waals surface area contributed by atoms with Gasteiger partial charge in [-0.2, -0.15) is 0 Å². The molecule has 0 saturated carbocycles. The summed E-state index contributed by atoms with van der Waals surface area (Å²) in [5, 5.41) is 4.75. The minimum absolute atomic E-state index is 0.209. The zero-order valence-electron chi connectivity index (χ0n) is 14.8. The average Bonchev–Trinajstić information content (AvgIpc) is 3.33. The highest BCUT2D eigenvalue weighted by Gasteiger charge is 2.26. The number of ether oxygens (including phenoxy) is 1. The third-order valence-corrected chi connectivity index (χ3v) is 7.99. The van der Waals surface area contributed by atoms with Crippen molar-refractivity contribution in [2.75, 3.05) is 11.5 Å². The van der Waals surface area contributed by atoms with E-state index in [1.54, 1.807) is 37.3 Å². The van der Waals surface area contributed by atoms with Crippen molar-refractivity contribution in [1.29, 1.82) is 0 Å². The molecule has 1 saturated heterocycles. The van der Waals surface area contributed by atoms with Crippen molar-refractivity contribution in [2.24, 2.45) is 0 Å². The number of aryl methyl sites for hydroxylation is 1. The third kappa shape index (κ3) is 3.92. The second kappa shape index (κ2) is 8.41. The fourth-order valence-electron chi connectivity index (χ4n) is 2.91. The van der Waals surface area contributed by atoms with Crippen LogP contribution in [0.25, 0.3) is 11.3 Å². The number of aromatic nitrogens is 1. The van der Waals surface area contributed by atoms with Gasteiger partial charge >= 0.3 is 5.97 Å². The molecule has 2 heterocycles. The highest BCUT2D eigenvalue weighted by atomic mass is 35.5. The summed E-state index contributed by atoms with van der Waals surface area (Å²) in [6.45, 7) is 1.65. The molecule has 0 aliphatic carbocycles. The summed E-state index contributed by atoms with van der Waals surface area (Å²) in [5.41, 5.74) is 2.15. The third-order valence-electron chi connectivity index (χ3n) is 4.25. The summed E-state index contributed by atoms with van der Waals surface area (Å²) in [6, 6.07) is 12.7. The van der Waals surface area contributed by atoms with Crippen LogP contribution in [0.5, 0.6) is 5.75 Å². The van der Waals surface area contributed by atoms with E-state index < -0.39 is 5.97 Å². The Morgan fingerprint density at radius 1 is 1.11 bits per heavy atom. The maximum absolute atomic E-state index is 12.8. The van der Waals surface area contributed by atoms with Gasteiger partial charge in [0.1, 0.15) is 22.8 Å². The lowest BCUT2D eigenvalue weighted by Gasteiger charge is -2.10. The van der Waals surface area contributed by atoms with Gasteiger partial charge in [0.2, 0.25) is 0 Å². The predicted octanol–water partition coefficient (Wildman–Crippen LogP) is 6.65. The number of halogens is 2. The monoisotopic (exact) mass is 451 g/mol. The molecule has 4 nitrogen and oxygen atoms in total. The molecular formula is C20H15Cl2NO3S2. The minimum Gasteiger partial charge on any atom is -0.423 e. The Balaban J connectivity index is 1.60. The van der Waals surface area contributed by atoms with E-state index in [1.165, 1.54) is 5.56 Å². The molecule has 1 fully saturated rings. The number of esters is 1. The van der Waals surface area contributed by atoms with Crippen LogP contribution in [0.3, 0.4) is 0 Å². The van der Waals surface area contributed by atoms with Crippen molar-refractivity contribution in [3.63, 3.8) is 0 Å². The molecule has 1 aromatic heterocycles. The molecule has 1 aliphatic heterocycles. The molecule has 1 aliphatic rings. The Hall–Kier alpha value is -1.60. The summed E-state index contributed by atoms with van der Waals surface area (Å²) in [6.07, 6.45) is 0. The number of hydrogen-bond acceptors (Lipinski definition) is 6.